The third kappa shape index (κ3) is 4.58. The highest BCUT2D eigenvalue weighted by Gasteiger charge is 2.30. The van der Waals surface area contributed by atoms with Crippen molar-refractivity contribution in [1.29, 1.82) is 0 Å². The van der Waals surface area contributed by atoms with Gasteiger partial charge in [0, 0.05) is 52.4 Å². The third-order valence-electron chi connectivity index (χ3n) is 4.87. The predicted octanol–water partition coefficient (Wildman–Crippen LogP) is -0.363. The van der Waals surface area contributed by atoms with Gasteiger partial charge in [-0.3, -0.25) is 9.69 Å². The van der Waals surface area contributed by atoms with Crippen LogP contribution in [0.3, 0.4) is 0 Å². The summed E-state index contributed by atoms with van der Waals surface area (Å²) < 4.78 is 27.2. The molecule has 0 saturated carbocycles. The molecule has 0 unspecified atom stereocenters. The molecule has 3 rings (SSSR count). The van der Waals surface area contributed by atoms with Crippen molar-refractivity contribution < 1.29 is 13.2 Å². The van der Waals surface area contributed by atoms with Gasteiger partial charge < -0.3 is 10.2 Å². The van der Waals surface area contributed by atoms with E-state index in [-0.39, 0.29) is 11.8 Å². The van der Waals surface area contributed by atoms with Crippen LogP contribution in [0.5, 0.6) is 0 Å². The fourth-order valence-corrected chi connectivity index (χ4v) is 4.07. The summed E-state index contributed by atoms with van der Waals surface area (Å²) in [7, 11) is -3.46. The Bertz CT molecular complexity index is 693. The van der Waals surface area contributed by atoms with Gasteiger partial charge in [0.25, 0.3) is 0 Å². The average molecular weight is 366 g/mol. The topological polar surface area (TPSA) is 81.8 Å². The Morgan fingerprint density at radius 2 is 1.80 bits per heavy atom. The molecule has 7 nitrogen and oxygen atoms in total. The van der Waals surface area contributed by atoms with Crippen LogP contribution >= 0.6 is 0 Å². The lowest BCUT2D eigenvalue weighted by Crippen LogP contribution is -2.56. The van der Waals surface area contributed by atoms with Crippen molar-refractivity contribution in [2.45, 2.75) is 11.8 Å². The molecule has 25 heavy (non-hydrogen) atoms. The molecule has 2 heterocycles. The van der Waals surface area contributed by atoms with Crippen LogP contribution in [0.2, 0.25) is 0 Å². The number of nitrogens with one attached hydrogen (secondary N) is 2. The maximum Gasteiger partial charge on any atom is 0.240 e. The number of piperazine rings is 1. The fraction of sp³-hybridized carbons (Fsp3) is 0.588. The maximum absolute atomic E-state index is 12.3. The number of benzene rings is 1. The minimum atomic E-state index is -3.46. The smallest absolute Gasteiger partial charge is 0.240 e. The van der Waals surface area contributed by atoms with Crippen molar-refractivity contribution in [2.24, 2.45) is 5.92 Å². The summed E-state index contributed by atoms with van der Waals surface area (Å²) in [6, 6.07) is 6.83. The van der Waals surface area contributed by atoms with Gasteiger partial charge in [-0.2, -0.15) is 0 Å². The number of carbonyl (C=O) groups excluding carboxylic acids is 1. The molecule has 1 aromatic rings. The van der Waals surface area contributed by atoms with E-state index in [2.05, 4.69) is 14.9 Å². The molecule has 0 aliphatic carbocycles. The Labute approximate surface area is 149 Å². The molecule has 0 atom stereocenters. The lowest BCUT2D eigenvalue weighted by Gasteiger charge is -2.38. The number of nitrogens with zero attached hydrogens (tertiary/aromatic N) is 2. The van der Waals surface area contributed by atoms with E-state index in [1.165, 1.54) is 0 Å². The molecule has 2 N–H and O–H groups in total. The van der Waals surface area contributed by atoms with Crippen LogP contribution in [0.1, 0.15) is 5.56 Å². The quantitative estimate of drug-likeness (QED) is 0.718. The Kier molecular flexibility index (Phi) is 5.73. The van der Waals surface area contributed by atoms with E-state index in [0.717, 1.165) is 44.8 Å². The van der Waals surface area contributed by atoms with Gasteiger partial charge in [0.05, 0.1) is 10.8 Å². The van der Waals surface area contributed by atoms with E-state index in [0.29, 0.717) is 18.0 Å². The lowest BCUT2D eigenvalue weighted by atomic mass is 10.0. The lowest BCUT2D eigenvalue weighted by molar-refractivity contribution is -0.138. The van der Waals surface area contributed by atoms with E-state index in [9.17, 15) is 13.2 Å². The molecular weight excluding hydrogens is 340 g/mol. The maximum atomic E-state index is 12.3. The molecule has 1 aromatic carbocycles. The minimum absolute atomic E-state index is 0.146. The Morgan fingerprint density at radius 3 is 2.36 bits per heavy atom. The molecule has 2 fully saturated rings. The molecule has 1 amide bonds. The second-order valence-corrected chi connectivity index (χ2v) is 8.50. The summed E-state index contributed by atoms with van der Waals surface area (Å²) in [5.41, 5.74) is 1.03. The zero-order valence-corrected chi connectivity index (χ0v) is 15.4. The van der Waals surface area contributed by atoms with Gasteiger partial charge in [0.1, 0.15) is 0 Å². The first kappa shape index (κ1) is 18.3. The van der Waals surface area contributed by atoms with Crippen molar-refractivity contribution in [3.05, 3.63) is 29.8 Å². The van der Waals surface area contributed by atoms with Crippen LogP contribution in [0, 0.1) is 12.8 Å². The highest BCUT2D eigenvalue weighted by atomic mass is 32.2. The molecular formula is C17H26N4O3S. The molecule has 0 radical (unpaired) electrons. The summed E-state index contributed by atoms with van der Waals surface area (Å²) in [6.45, 7) is 7.56. The Hall–Kier alpha value is -1.48. The minimum Gasteiger partial charge on any atom is -0.340 e. The first-order chi connectivity index (χ1) is 12.0. The van der Waals surface area contributed by atoms with Crippen molar-refractivity contribution in [3.63, 3.8) is 0 Å². The predicted molar refractivity (Wildman–Crippen MR) is 95.7 cm³/mol. The fourth-order valence-electron chi connectivity index (χ4n) is 3.05. The van der Waals surface area contributed by atoms with E-state index in [1.807, 2.05) is 11.8 Å². The molecule has 2 saturated heterocycles. The second kappa shape index (κ2) is 7.82. The molecule has 2 aliphatic heterocycles. The first-order valence-electron chi connectivity index (χ1n) is 8.74. The monoisotopic (exact) mass is 366 g/mol. The molecule has 2 aliphatic rings. The van der Waals surface area contributed by atoms with Crippen LogP contribution in [0.15, 0.2) is 29.2 Å². The summed E-state index contributed by atoms with van der Waals surface area (Å²) in [6.07, 6.45) is 0. The zero-order chi connectivity index (χ0) is 17.9. The number of hydrogen-bond donors (Lipinski definition) is 2. The summed E-state index contributed by atoms with van der Waals surface area (Å²) in [4.78, 5) is 16.6. The van der Waals surface area contributed by atoms with Crippen LogP contribution in [0.4, 0.5) is 0 Å². The Balaban J connectivity index is 1.41. The summed E-state index contributed by atoms with van der Waals surface area (Å²) in [5.74, 6) is 0.395. The SMILES string of the molecule is Cc1ccc(S(=O)(=O)NCCN2CCN(C(=O)C3CNC3)CC2)cc1. The van der Waals surface area contributed by atoms with Crippen LogP contribution in [-0.4, -0.2) is 76.5 Å². The van der Waals surface area contributed by atoms with E-state index >= 15 is 0 Å². The highest BCUT2D eigenvalue weighted by Crippen LogP contribution is 2.12. The van der Waals surface area contributed by atoms with Crippen LogP contribution < -0.4 is 10.0 Å². The molecule has 138 valence electrons. The van der Waals surface area contributed by atoms with Gasteiger partial charge in [-0.25, -0.2) is 13.1 Å². The van der Waals surface area contributed by atoms with Crippen molar-refractivity contribution >= 4 is 15.9 Å². The normalized spacial score (nSPS) is 19.6. The number of amides is 1. The van der Waals surface area contributed by atoms with Crippen molar-refractivity contribution in [3.8, 4) is 0 Å². The largest absolute Gasteiger partial charge is 0.340 e. The molecule has 0 spiro atoms. The first-order valence-corrected chi connectivity index (χ1v) is 10.2. The number of hydrogen-bond acceptors (Lipinski definition) is 5. The standard InChI is InChI=1S/C17H26N4O3S/c1-14-2-4-16(5-3-14)25(23,24)19-6-7-20-8-10-21(11-9-20)17(22)15-12-18-13-15/h2-5,15,18-19H,6-13H2,1H3. The molecule has 0 aromatic heterocycles. The van der Waals surface area contributed by atoms with Gasteiger partial charge in [-0.1, -0.05) is 17.7 Å². The van der Waals surface area contributed by atoms with Gasteiger partial charge >= 0.3 is 0 Å². The number of rotatable bonds is 6. The zero-order valence-electron chi connectivity index (χ0n) is 14.6. The highest BCUT2D eigenvalue weighted by molar-refractivity contribution is 7.89. The number of carbonyl (C=O) groups is 1. The number of sulfonamides is 1. The molecule has 0 bridgehead atoms. The van der Waals surface area contributed by atoms with Crippen molar-refractivity contribution in [1.82, 2.24) is 19.8 Å². The van der Waals surface area contributed by atoms with Gasteiger partial charge in [-0.05, 0) is 19.1 Å². The van der Waals surface area contributed by atoms with E-state index < -0.39 is 10.0 Å². The summed E-state index contributed by atoms with van der Waals surface area (Å²) >= 11 is 0. The van der Waals surface area contributed by atoms with Crippen LogP contribution in [0.25, 0.3) is 0 Å². The summed E-state index contributed by atoms with van der Waals surface area (Å²) in [5, 5.41) is 3.13. The molecule has 8 heteroatoms. The van der Waals surface area contributed by atoms with E-state index in [4.69, 9.17) is 0 Å². The van der Waals surface area contributed by atoms with Crippen molar-refractivity contribution in [2.75, 3.05) is 52.4 Å². The average Bonchev–Trinajstić information content (AvgIpc) is 2.54. The van der Waals surface area contributed by atoms with Gasteiger partial charge in [0.2, 0.25) is 15.9 Å². The van der Waals surface area contributed by atoms with Crippen LogP contribution in [-0.2, 0) is 14.8 Å². The second-order valence-electron chi connectivity index (χ2n) is 6.73. The Morgan fingerprint density at radius 1 is 1.16 bits per heavy atom. The third-order valence-corrected chi connectivity index (χ3v) is 6.34. The van der Waals surface area contributed by atoms with E-state index in [1.54, 1.807) is 24.3 Å². The number of aryl methyl sites for hydroxylation is 1. The van der Waals surface area contributed by atoms with Gasteiger partial charge in [0.15, 0.2) is 0 Å². The van der Waals surface area contributed by atoms with Gasteiger partial charge in [-0.15, -0.1) is 0 Å².